The molecule has 0 radical (unpaired) electrons. The third-order valence-corrected chi connectivity index (χ3v) is 3.89. The van der Waals surface area contributed by atoms with E-state index in [-0.39, 0.29) is 18.4 Å². The molecule has 0 aliphatic carbocycles. The minimum Gasteiger partial charge on any atom is -0.387 e. The quantitative estimate of drug-likeness (QED) is 0.846. The Balaban J connectivity index is 2.02. The Morgan fingerprint density at radius 2 is 1.86 bits per heavy atom. The summed E-state index contributed by atoms with van der Waals surface area (Å²) in [4.78, 5) is 0. The van der Waals surface area contributed by atoms with Crippen LogP contribution in [0.1, 0.15) is 30.2 Å². The molecule has 0 bridgehead atoms. The highest BCUT2D eigenvalue weighted by molar-refractivity contribution is 6.33. The monoisotopic (exact) mass is 327 g/mol. The maximum atomic E-state index is 13.7. The summed E-state index contributed by atoms with van der Waals surface area (Å²) in [6, 6.07) is 11.3. The van der Waals surface area contributed by atoms with Gasteiger partial charge in [-0.2, -0.15) is 0 Å². The molecule has 0 saturated heterocycles. The smallest absolute Gasteiger partial charge is 0.127 e. The summed E-state index contributed by atoms with van der Waals surface area (Å²) in [7, 11) is 0. The van der Waals surface area contributed by atoms with Crippen LogP contribution in [0.3, 0.4) is 0 Å². The highest BCUT2D eigenvalue weighted by Crippen LogP contribution is 2.26. The first-order chi connectivity index (χ1) is 9.99. The molecule has 0 heterocycles. The summed E-state index contributed by atoms with van der Waals surface area (Å²) < 4.78 is 13.7. The van der Waals surface area contributed by atoms with E-state index in [0.29, 0.717) is 21.2 Å². The Labute approximate surface area is 133 Å². The molecule has 2 atom stereocenters. The zero-order chi connectivity index (χ0) is 15.4. The number of hydrogen-bond donors (Lipinski definition) is 2. The molecule has 2 N–H and O–H groups in total. The van der Waals surface area contributed by atoms with E-state index >= 15 is 0 Å². The Bertz CT molecular complexity index is 621. The fourth-order valence-electron chi connectivity index (χ4n) is 2.10. The van der Waals surface area contributed by atoms with E-state index in [9.17, 15) is 9.50 Å². The van der Waals surface area contributed by atoms with E-state index in [2.05, 4.69) is 5.32 Å². The van der Waals surface area contributed by atoms with Crippen molar-refractivity contribution in [2.75, 3.05) is 6.54 Å². The molecule has 2 aromatic carbocycles. The third-order valence-electron chi connectivity index (χ3n) is 3.31. The molecule has 2 nitrogen and oxygen atoms in total. The number of nitrogens with one attached hydrogen (secondary N) is 1. The number of aliphatic hydroxyl groups excluding tert-OH is 1. The number of hydrogen-bond acceptors (Lipinski definition) is 2. The topological polar surface area (TPSA) is 32.3 Å². The van der Waals surface area contributed by atoms with Crippen LogP contribution in [-0.4, -0.2) is 11.7 Å². The molecule has 2 rings (SSSR count). The van der Waals surface area contributed by atoms with E-state index < -0.39 is 6.10 Å². The first-order valence-corrected chi connectivity index (χ1v) is 7.35. The van der Waals surface area contributed by atoms with E-state index in [1.807, 2.05) is 6.92 Å². The van der Waals surface area contributed by atoms with E-state index in [0.717, 1.165) is 0 Å². The minimum absolute atomic E-state index is 0.223. The Morgan fingerprint density at radius 3 is 2.57 bits per heavy atom. The average molecular weight is 328 g/mol. The van der Waals surface area contributed by atoms with Crippen LogP contribution in [0.25, 0.3) is 0 Å². The van der Waals surface area contributed by atoms with Crippen LogP contribution in [0.4, 0.5) is 4.39 Å². The molecule has 112 valence electrons. The third kappa shape index (κ3) is 4.17. The van der Waals surface area contributed by atoms with Crippen molar-refractivity contribution in [3.8, 4) is 0 Å². The van der Waals surface area contributed by atoms with Crippen LogP contribution in [0.5, 0.6) is 0 Å². The van der Waals surface area contributed by atoms with Gasteiger partial charge in [-0.05, 0) is 31.2 Å². The van der Waals surface area contributed by atoms with E-state index in [4.69, 9.17) is 23.2 Å². The number of rotatable bonds is 5. The molecule has 2 aromatic rings. The fourth-order valence-corrected chi connectivity index (χ4v) is 2.53. The Hall–Kier alpha value is -1.13. The van der Waals surface area contributed by atoms with Crippen molar-refractivity contribution in [1.82, 2.24) is 5.32 Å². The summed E-state index contributed by atoms with van der Waals surface area (Å²) in [5.41, 5.74) is 1.11. The second-order valence-electron chi connectivity index (χ2n) is 4.83. The van der Waals surface area contributed by atoms with E-state index in [1.54, 1.807) is 36.4 Å². The molecule has 0 fully saturated rings. The largest absolute Gasteiger partial charge is 0.387 e. The first-order valence-electron chi connectivity index (χ1n) is 6.60. The van der Waals surface area contributed by atoms with Gasteiger partial charge in [0.05, 0.1) is 6.10 Å². The highest BCUT2D eigenvalue weighted by atomic mass is 35.5. The van der Waals surface area contributed by atoms with Crippen LogP contribution in [0, 0.1) is 5.82 Å². The maximum Gasteiger partial charge on any atom is 0.127 e. The van der Waals surface area contributed by atoms with Crippen LogP contribution in [0.2, 0.25) is 10.0 Å². The molecule has 21 heavy (non-hydrogen) atoms. The van der Waals surface area contributed by atoms with E-state index in [1.165, 1.54) is 6.07 Å². The number of aliphatic hydroxyl groups is 1. The van der Waals surface area contributed by atoms with Crippen molar-refractivity contribution in [3.63, 3.8) is 0 Å². The molecule has 0 spiro atoms. The van der Waals surface area contributed by atoms with Gasteiger partial charge in [-0.1, -0.05) is 41.4 Å². The molecule has 5 heteroatoms. The van der Waals surface area contributed by atoms with Crippen molar-refractivity contribution < 1.29 is 9.50 Å². The van der Waals surface area contributed by atoms with Crippen molar-refractivity contribution >= 4 is 23.2 Å². The molecule has 0 aliphatic heterocycles. The number of halogens is 3. The van der Waals surface area contributed by atoms with Crippen molar-refractivity contribution in [3.05, 3.63) is 69.5 Å². The predicted octanol–water partition coefficient (Wildman–Crippen LogP) is 4.52. The Morgan fingerprint density at radius 1 is 1.14 bits per heavy atom. The van der Waals surface area contributed by atoms with Crippen molar-refractivity contribution in [2.45, 2.75) is 19.1 Å². The van der Waals surface area contributed by atoms with Gasteiger partial charge in [0.2, 0.25) is 0 Å². The minimum atomic E-state index is -0.814. The predicted molar refractivity (Wildman–Crippen MR) is 84.2 cm³/mol. The average Bonchev–Trinajstić information content (AvgIpc) is 2.47. The lowest BCUT2D eigenvalue weighted by Gasteiger charge is -2.19. The molecule has 0 amide bonds. The van der Waals surface area contributed by atoms with Gasteiger partial charge in [0.25, 0.3) is 0 Å². The standard InChI is InChI=1S/C16H16Cl2FNO/c1-10(12-4-2-3-5-15(12)19)20-9-16(21)13-8-11(17)6-7-14(13)18/h2-8,10,16,20-21H,9H2,1H3. The lowest BCUT2D eigenvalue weighted by molar-refractivity contribution is 0.170. The second-order valence-corrected chi connectivity index (χ2v) is 5.68. The lowest BCUT2D eigenvalue weighted by Crippen LogP contribution is -2.25. The maximum absolute atomic E-state index is 13.7. The number of benzene rings is 2. The van der Waals surface area contributed by atoms with Gasteiger partial charge in [0.1, 0.15) is 5.82 Å². The van der Waals surface area contributed by atoms with Gasteiger partial charge in [0.15, 0.2) is 0 Å². The normalized spacial score (nSPS) is 14.0. The van der Waals surface area contributed by atoms with Crippen LogP contribution >= 0.6 is 23.2 Å². The zero-order valence-corrected chi connectivity index (χ0v) is 13.0. The fraction of sp³-hybridized carbons (Fsp3) is 0.250. The van der Waals surface area contributed by atoms with Crippen LogP contribution in [-0.2, 0) is 0 Å². The van der Waals surface area contributed by atoms with Crippen LogP contribution < -0.4 is 5.32 Å². The van der Waals surface area contributed by atoms with Gasteiger partial charge in [0, 0.05) is 33.8 Å². The molecular formula is C16H16Cl2FNO. The van der Waals surface area contributed by atoms with Gasteiger partial charge in [-0.25, -0.2) is 4.39 Å². The zero-order valence-electron chi connectivity index (χ0n) is 11.5. The van der Waals surface area contributed by atoms with Gasteiger partial charge < -0.3 is 10.4 Å². The summed E-state index contributed by atoms with van der Waals surface area (Å²) in [5.74, 6) is -0.271. The summed E-state index contributed by atoms with van der Waals surface area (Å²) in [6.07, 6.45) is -0.814. The van der Waals surface area contributed by atoms with Crippen molar-refractivity contribution in [2.24, 2.45) is 0 Å². The summed E-state index contributed by atoms with van der Waals surface area (Å²) >= 11 is 11.9. The second kappa shape index (κ2) is 7.23. The van der Waals surface area contributed by atoms with Crippen LogP contribution in [0.15, 0.2) is 42.5 Å². The molecule has 0 saturated carbocycles. The molecule has 0 aliphatic rings. The molecule has 0 aromatic heterocycles. The van der Waals surface area contributed by atoms with Crippen molar-refractivity contribution in [1.29, 1.82) is 0 Å². The highest BCUT2D eigenvalue weighted by Gasteiger charge is 2.15. The lowest BCUT2D eigenvalue weighted by atomic mass is 10.1. The van der Waals surface area contributed by atoms with Gasteiger partial charge in [-0.3, -0.25) is 0 Å². The molecular weight excluding hydrogens is 312 g/mol. The van der Waals surface area contributed by atoms with Gasteiger partial charge >= 0.3 is 0 Å². The first kappa shape index (κ1) is 16.2. The van der Waals surface area contributed by atoms with Gasteiger partial charge in [-0.15, -0.1) is 0 Å². The summed E-state index contributed by atoms with van der Waals surface area (Å²) in [5, 5.41) is 14.2. The summed E-state index contributed by atoms with van der Waals surface area (Å²) in [6.45, 7) is 2.08. The SMILES string of the molecule is CC(NCC(O)c1cc(Cl)ccc1Cl)c1ccccc1F. The Kier molecular flexibility index (Phi) is 5.59. The molecule has 2 unspecified atom stereocenters.